The molecule has 0 unspecified atom stereocenters. The summed E-state index contributed by atoms with van der Waals surface area (Å²) >= 11 is 0. The van der Waals surface area contributed by atoms with Crippen LogP contribution in [0.3, 0.4) is 0 Å². The van der Waals surface area contributed by atoms with Gasteiger partial charge in [-0.3, -0.25) is 0 Å². The quantitative estimate of drug-likeness (QED) is 0.593. The fourth-order valence-electron chi connectivity index (χ4n) is 2.74. The molecule has 0 aliphatic rings. The predicted octanol–water partition coefficient (Wildman–Crippen LogP) is 5.88. The van der Waals surface area contributed by atoms with Crippen LogP contribution in [-0.2, 0) is 6.18 Å². The highest BCUT2D eigenvalue weighted by Crippen LogP contribution is 2.40. The molecule has 0 aliphatic carbocycles. The Morgan fingerprint density at radius 3 is 2.04 bits per heavy atom. The maximum atomic E-state index is 13.6. The molecule has 3 rings (SSSR count). The van der Waals surface area contributed by atoms with Crippen LogP contribution in [-0.4, -0.2) is 11.1 Å². The number of carboxylic acid groups (broad SMARTS) is 1. The predicted molar refractivity (Wildman–Crippen MR) is 89.2 cm³/mol. The fraction of sp³-hybridized carbons (Fsp3) is 0.0500. The van der Waals surface area contributed by atoms with Gasteiger partial charge < -0.3 is 5.11 Å². The van der Waals surface area contributed by atoms with Crippen molar-refractivity contribution in [3.05, 3.63) is 83.7 Å². The molecule has 0 radical (unpaired) electrons. The lowest BCUT2D eigenvalue weighted by Crippen LogP contribution is -2.09. The van der Waals surface area contributed by atoms with Crippen molar-refractivity contribution in [3.8, 4) is 22.3 Å². The number of benzene rings is 3. The second-order valence-electron chi connectivity index (χ2n) is 5.62. The van der Waals surface area contributed by atoms with E-state index in [-0.39, 0.29) is 22.3 Å². The van der Waals surface area contributed by atoms with Crippen LogP contribution in [0.1, 0.15) is 15.9 Å². The largest absolute Gasteiger partial charge is 0.478 e. The SMILES string of the molecule is O=C(O)c1ccccc1-c1ccc(-c2ccc(F)cc2)cc1C(F)(F)F. The van der Waals surface area contributed by atoms with Gasteiger partial charge >= 0.3 is 12.1 Å². The topological polar surface area (TPSA) is 37.3 Å². The molecule has 0 aliphatic heterocycles. The zero-order chi connectivity index (χ0) is 18.9. The zero-order valence-electron chi connectivity index (χ0n) is 13.2. The zero-order valence-corrected chi connectivity index (χ0v) is 13.2. The van der Waals surface area contributed by atoms with E-state index in [0.717, 1.165) is 18.2 Å². The molecule has 3 aromatic rings. The van der Waals surface area contributed by atoms with Gasteiger partial charge in [0.05, 0.1) is 11.1 Å². The van der Waals surface area contributed by atoms with E-state index in [1.165, 1.54) is 48.5 Å². The van der Waals surface area contributed by atoms with Crippen LogP contribution in [0, 0.1) is 5.82 Å². The fourth-order valence-corrected chi connectivity index (χ4v) is 2.74. The summed E-state index contributed by atoms with van der Waals surface area (Å²) in [6.07, 6.45) is -4.68. The monoisotopic (exact) mass is 360 g/mol. The van der Waals surface area contributed by atoms with Gasteiger partial charge in [-0.25, -0.2) is 9.18 Å². The van der Waals surface area contributed by atoms with Crippen molar-refractivity contribution < 1.29 is 27.5 Å². The summed E-state index contributed by atoms with van der Waals surface area (Å²) in [5.74, 6) is -1.80. The number of hydrogen-bond donors (Lipinski definition) is 1. The maximum absolute atomic E-state index is 13.6. The first-order valence-electron chi connectivity index (χ1n) is 7.57. The van der Waals surface area contributed by atoms with E-state index < -0.39 is 23.5 Å². The Bertz CT molecular complexity index is 960. The van der Waals surface area contributed by atoms with Gasteiger partial charge in [-0.15, -0.1) is 0 Å². The first kappa shape index (κ1) is 17.7. The van der Waals surface area contributed by atoms with E-state index in [1.807, 2.05) is 0 Å². The summed E-state index contributed by atoms with van der Waals surface area (Å²) in [7, 11) is 0. The van der Waals surface area contributed by atoms with Gasteiger partial charge in [0.25, 0.3) is 0 Å². The highest BCUT2D eigenvalue weighted by atomic mass is 19.4. The first-order chi connectivity index (χ1) is 12.3. The molecular formula is C20H12F4O2. The molecule has 0 aromatic heterocycles. The molecule has 6 heteroatoms. The van der Waals surface area contributed by atoms with Crippen LogP contribution in [0.25, 0.3) is 22.3 Å². The highest BCUT2D eigenvalue weighted by Gasteiger charge is 2.34. The minimum Gasteiger partial charge on any atom is -0.478 e. The van der Waals surface area contributed by atoms with Gasteiger partial charge in [-0.1, -0.05) is 42.5 Å². The third-order valence-electron chi connectivity index (χ3n) is 3.95. The van der Waals surface area contributed by atoms with Gasteiger partial charge in [0.2, 0.25) is 0 Å². The molecule has 0 saturated heterocycles. The smallest absolute Gasteiger partial charge is 0.417 e. The van der Waals surface area contributed by atoms with Crippen molar-refractivity contribution in [2.24, 2.45) is 0 Å². The molecule has 3 aromatic carbocycles. The first-order valence-corrected chi connectivity index (χ1v) is 7.57. The lowest BCUT2D eigenvalue weighted by molar-refractivity contribution is -0.137. The average Bonchev–Trinajstić information content (AvgIpc) is 2.61. The van der Waals surface area contributed by atoms with E-state index in [1.54, 1.807) is 0 Å². The van der Waals surface area contributed by atoms with Crippen molar-refractivity contribution >= 4 is 5.97 Å². The van der Waals surface area contributed by atoms with Crippen molar-refractivity contribution in [2.75, 3.05) is 0 Å². The Hall–Kier alpha value is -3.15. The van der Waals surface area contributed by atoms with Crippen LogP contribution < -0.4 is 0 Å². The summed E-state index contributed by atoms with van der Waals surface area (Å²) in [6, 6.07) is 14.3. The number of rotatable bonds is 3. The molecular weight excluding hydrogens is 348 g/mol. The molecule has 1 N–H and O–H groups in total. The normalized spacial score (nSPS) is 11.4. The molecule has 0 bridgehead atoms. The minimum absolute atomic E-state index is 0.0158. The molecule has 0 atom stereocenters. The molecule has 2 nitrogen and oxygen atoms in total. The number of aromatic carboxylic acids is 1. The number of carboxylic acids is 1. The number of halogens is 4. The number of hydrogen-bond acceptors (Lipinski definition) is 1. The Labute approximate surface area is 146 Å². The number of alkyl halides is 3. The lowest BCUT2D eigenvalue weighted by Gasteiger charge is -2.16. The van der Waals surface area contributed by atoms with Crippen molar-refractivity contribution in [2.45, 2.75) is 6.18 Å². The summed E-state index contributed by atoms with van der Waals surface area (Å²) in [4.78, 5) is 11.4. The van der Waals surface area contributed by atoms with Gasteiger partial charge in [0, 0.05) is 0 Å². The Morgan fingerprint density at radius 1 is 0.808 bits per heavy atom. The van der Waals surface area contributed by atoms with E-state index in [4.69, 9.17) is 0 Å². The van der Waals surface area contributed by atoms with Crippen LogP contribution in [0.4, 0.5) is 17.6 Å². The van der Waals surface area contributed by atoms with E-state index in [9.17, 15) is 27.5 Å². The van der Waals surface area contributed by atoms with Crippen molar-refractivity contribution in [1.82, 2.24) is 0 Å². The van der Waals surface area contributed by atoms with Gasteiger partial charge in [0.1, 0.15) is 5.82 Å². The van der Waals surface area contributed by atoms with Gasteiger partial charge in [-0.2, -0.15) is 13.2 Å². The van der Waals surface area contributed by atoms with Crippen LogP contribution >= 0.6 is 0 Å². The third kappa shape index (κ3) is 3.44. The molecule has 0 spiro atoms. The standard InChI is InChI=1S/C20H12F4O2/c21-14-8-5-12(6-9-14)13-7-10-16(18(11-13)20(22,23)24)15-3-1-2-4-17(15)19(25)26/h1-11H,(H,25,26). The van der Waals surface area contributed by atoms with Gasteiger partial charge in [0.15, 0.2) is 0 Å². The summed E-state index contributed by atoms with van der Waals surface area (Å²) in [6.45, 7) is 0. The van der Waals surface area contributed by atoms with Crippen molar-refractivity contribution in [3.63, 3.8) is 0 Å². The van der Waals surface area contributed by atoms with Crippen LogP contribution in [0.5, 0.6) is 0 Å². The molecule has 0 amide bonds. The van der Waals surface area contributed by atoms with E-state index in [2.05, 4.69) is 0 Å². The van der Waals surface area contributed by atoms with Gasteiger partial charge in [-0.05, 0) is 46.5 Å². The molecule has 0 saturated carbocycles. The third-order valence-corrected chi connectivity index (χ3v) is 3.95. The molecule has 132 valence electrons. The van der Waals surface area contributed by atoms with E-state index in [0.29, 0.717) is 5.56 Å². The summed E-state index contributed by atoms with van der Waals surface area (Å²) < 4.78 is 53.9. The van der Waals surface area contributed by atoms with Crippen molar-refractivity contribution in [1.29, 1.82) is 0 Å². The highest BCUT2D eigenvalue weighted by molar-refractivity contribution is 5.96. The average molecular weight is 360 g/mol. The van der Waals surface area contributed by atoms with Crippen LogP contribution in [0.15, 0.2) is 66.7 Å². The van der Waals surface area contributed by atoms with E-state index >= 15 is 0 Å². The minimum atomic E-state index is -4.68. The molecule has 0 heterocycles. The summed E-state index contributed by atoms with van der Waals surface area (Å²) in [5.41, 5.74) is -0.719. The second kappa shape index (κ2) is 6.63. The maximum Gasteiger partial charge on any atom is 0.417 e. The Balaban J connectivity index is 2.22. The number of carbonyl (C=O) groups is 1. The lowest BCUT2D eigenvalue weighted by atomic mass is 9.92. The molecule has 0 fully saturated rings. The molecule has 26 heavy (non-hydrogen) atoms. The Morgan fingerprint density at radius 2 is 1.42 bits per heavy atom. The second-order valence-corrected chi connectivity index (χ2v) is 5.62. The summed E-state index contributed by atoms with van der Waals surface area (Å²) in [5, 5.41) is 9.26. The van der Waals surface area contributed by atoms with Crippen LogP contribution in [0.2, 0.25) is 0 Å². The Kier molecular flexibility index (Phi) is 4.50.